The summed E-state index contributed by atoms with van der Waals surface area (Å²) in [6.07, 6.45) is 3.52. The smallest absolute Gasteiger partial charge is 0.134 e. The maximum atomic E-state index is 6.07. The summed E-state index contributed by atoms with van der Waals surface area (Å²) in [7, 11) is 0. The maximum Gasteiger partial charge on any atom is 0.134 e. The molecule has 2 rings (SSSR count). The number of rotatable bonds is 6. The van der Waals surface area contributed by atoms with Gasteiger partial charge in [0.2, 0.25) is 0 Å². The van der Waals surface area contributed by atoms with Crippen LogP contribution >= 0.6 is 11.6 Å². The van der Waals surface area contributed by atoms with Crippen LogP contribution in [0.2, 0.25) is 5.15 Å². The lowest BCUT2D eigenvalue weighted by Gasteiger charge is -2.21. The van der Waals surface area contributed by atoms with Gasteiger partial charge < -0.3 is 9.32 Å². The van der Waals surface area contributed by atoms with Crippen LogP contribution in [0.1, 0.15) is 31.9 Å². The van der Waals surface area contributed by atoms with Crippen LogP contribution < -0.4 is 4.90 Å². The number of anilines is 1. The summed E-state index contributed by atoms with van der Waals surface area (Å²) in [5, 5.41) is 0.492. The largest absolute Gasteiger partial charge is 0.467 e. The quantitative estimate of drug-likeness (QED) is 0.756. The first-order chi connectivity index (χ1) is 9.22. The van der Waals surface area contributed by atoms with Gasteiger partial charge in [0.1, 0.15) is 22.6 Å². The fourth-order valence-corrected chi connectivity index (χ4v) is 2.09. The molecule has 0 aliphatic carbocycles. The summed E-state index contributed by atoms with van der Waals surface area (Å²) in [5.74, 6) is 2.55. The Kier molecular flexibility index (Phi) is 4.80. The Balaban J connectivity index is 2.21. The van der Waals surface area contributed by atoms with Crippen LogP contribution in [-0.2, 0) is 13.0 Å². The molecule has 0 atom stereocenters. The number of aryl methyl sites for hydroxylation is 1. The molecular formula is C14H18ClN3O. The van der Waals surface area contributed by atoms with Gasteiger partial charge in [-0.2, -0.15) is 0 Å². The summed E-state index contributed by atoms with van der Waals surface area (Å²) in [6.45, 7) is 5.70. The summed E-state index contributed by atoms with van der Waals surface area (Å²) < 4.78 is 5.38. The molecule has 0 fully saturated rings. The van der Waals surface area contributed by atoms with Crippen molar-refractivity contribution in [2.75, 3.05) is 11.4 Å². The lowest BCUT2D eigenvalue weighted by molar-refractivity contribution is 0.502. The zero-order valence-electron chi connectivity index (χ0n) is 11.3. The van der Waals surface area contributed by atoms with Crippen molar-refractivity contribution in [2.45, 2.75) is 33.2 Å². The standard InChI is InChI=1S/C14H18ClN3O/c1-3-6-13-16-12(15)9-14(17-13)18(4-2)10-11-7-5-8-19-11/h5,7-9H,3-4,6,10H2,1-2H3. The Hall–Kier alpha value is -1.55. The van der Waals surface area contributed by atoms with Crippen molar-refractivity contribution >= 4 is 17.4 Å². The fourth-order valence-electron chi connectivity index (χ4n) is 1.89. The minimum atomic E-state index is 0.492. The van der Waals surface area contributed by atoms with Crippen LogP contribution in [-0.4, -0.2) is 16.5 Å². The average Bonchev–Trinajstić information content (AvgIpc) is 2.88. The second-order valence-electron chi connectivity index (χ2n) is 4.31. The molecule has 19 heavy (non-hydrogen) atoms. The Morgan fingerprint density at radius 1 is 1.32 bits per heavy atom. The van der Waals surface area contributed by atoms with Crippen molar-refractivity contribution in [3.8, 4) is 0 Å². The number of hydrogen-bond acceptors (Lipinski definition) is 4. The van der Waals surface area contributed by atoms with Crippen molar-refractivity contribution in [2.24, 2.45) is 0 Å². The molecule has 0 radical (unpaired) electrons. The maximum absolute atomic E-state index is 6.07. The van der Waals surface area contributed by atoms with E-state index in [2.05, 4.69) is 28.7 Å². The Morgan fingerprint density at radius 3 is 2.79 bits per heavy atom. The minimum absolute atomic E-state index is 0.492. The molecule has 5 heteroatoms. The normalized spacial score (nSPS) is 10.7. The lowest BCUT2D eigenvalue weighted by Crippen LogP contribution is -2.23. The van der Waals surface area contributed by atoms with E-state index in [1.54, 1.807) is 12.3 Å². The summed E-state index contributed by atoms with van der Waals surface area (Å²) in [6, 6.07) is 5.64. The van der Waals surface area contributed by atoms with Gasteiger partial charge in [-0.25, -0.2) is 9.97 Å². The fraction of sp³-hybridized carbons (Fsp3) is 0.429. The van der Waals surface area contributed by atoms with E-state index in [9.17, 15) is 0 Å². The SMILES string of the molecule is CCCc1nc(Cl)cc(N(CC)Cc2ccco2)n1. The van der Waals surface area contributed by atoms with Gasteiger partial charge in [-0.3, -0.25) is 0 Å². The molecule has 0 aliphatic rings. The zero-order valence-corrected chi connectivity index (χ0v) is 12.0. The Bertz CT molecular complexity index is 513. The number of nitrogens with zero attached hydrogens (tertiary/aromatic N) is 3. The molecule has 102 valence electrons. The number of furan rings is 1. The first kappa shape index (κ1) is 13.9. The highest BCUT2D eigenvalue weighted by atomic mass is 35.5. The molecule has 0 bridgehead atoms. The molecule has 0 saturated carbocycles. The van der Waals surface area contributed by atoms with Gasteiger partial charge in [0.05, 0.1) is 12.8 Å². The molecule has 0 aromatic carbocycles. The summed E-state index contributed by atoms with van der Waals surface area (Å²) in [5.41, 5.74) is 0. The highest BCUT2D eigenvalue weighted by Crippen LogP contribution is 2.19. The Morgan fingerprint density at radius 2 is 2.16 bits per heavy atom. The Labute approximate surface area is 118 Å². The van der Waals surface area contributed by atoms with Gasteiger partial charge in [-0.15, -0.1) is 0 Å². The molecule has 0 saturated heterocycles. The van der Waals surface area contributed by atoms with Crippen molar-refractivity contribution in [1.29, 1.82) is 0 Å². The van der Waals surface area contributed by atoms with Gasteiger partial charge in [0.25, 0.3) is 0 Å². The predicted octanol–water partition coefficient (Wildman–Crippen LogP) is 3.70. The second-order valence-corrected chi connectivity index (χ2v) is 4.70. The predicted molar refractivity (Wildman–Crippen MR) is 76.5 cm³/mol. The topological polar surface area (TPSA) is 42.2 Å². The average molecular weight is 280 g/mol. The second kappa shape index (κ2) is 6.57. The van der Waals surface area contributed by atoms with Gasteiger partial charge in [0, 0.05) is 19.0 Å². The van der Waals surface area contributed by atoms with E-state index in [1.165, 1.54) is 0 Å². The molecule has 4 nitrogen and oxygen atoms in total. The minimum Gasteiger partial charge on any atom is -0.467 e. The van der Waals surface area contributed by atoms with E-state index in [0.29, 0.717) is 11.7 Å². The lowest BCUT2D eigenvalue weighted by atomic mass is 10.3. The van der Waals surface area contributed by atoms with Crippen LogP contribution in [0, 0.1) is 0 Å². The molecule has 2 heterocycles. The van der Waals surface area contributed by atoms with Crippen molar-refractivity contribution in [3.63, 3.8) is 0 Å². The van der Waals surface area contributed by atoms with E-state index in [1.807, 2.05) is 12.1 Å². The molecule has 2 aromatic heterocycles. The summed E-state index contributed by atoms with van der Waals surface area (Å²) >= 11 is 6.07. The van der Waals surface area contributed by atoms with Gasteiger partial charge in [0.15, 0.2) is 0 Å². The number of hydrogen-bond donors (Lipinski definition) is 0. The van der Waals surface area contributed by atoms with E-state index in [-0.39, 0.29) is 0 Å². The number of halogens is 1. The molecule has 0 amide bonds. The monoisotopic (exact) mass is 279 g/mol. The molecule has 0 spiro atoms. The van der Waals surface area contributed by atoms with Crippen LogP contribution in [0.5, 0.6) is 0 Å². The first-order valence-corrected chi connectivity index (χ1v) is 6.91. The van der Waals surface area contributed by atoms with Crippen molar-refractivity contribution < 1.29 is 4.42 Å². The van der Waals surface area contributed by atoms with Crippen molar-refractivity contribution in [1.82, 2.24) is 9.97 Å². The number of aromatic nitrogens is 2. The van der Waals surface area contributed by atoms with E-state index < -0.39 is 0 Å². The van der Waals surface area contributed by atoms with Crippen LogP contribution in [0.25, 0.3) is 0 Å². The van der Waals surface area contributed by atoms with E-state index in [4.69, 9.17) is 16.0 Å². The molecular weight excluding hydrogens is 262 g/mol. The van der Waals surface area contributed by atoms with Crippen LogP contribution in [0.3, 0.4) is 0 Å². The molecule has 0 N–H and O–H groups in total. The third-order valence-corrected chi connectivity index (χ3v) is 3.03. The highest BCUT2D eigenvalue weighted by Gasteiger charge is 2.11. The first-order valence-electron chi connectivity index (χ1n) is 6.53. The summed E-state index contributed by atoms with van der Waals surface area (Å²) in [4.78, 5) is 10.9. The van der Waals surface area contributed by atoms with Gasteiger partial charge in [-0.1, -0.05) is 18.5 Å². The third kappa shape index (κ3) is 3.70. The third-order valence-electron chi connectivity index (χ3n) is 2.83. The van der Waals surface area contributed by atoms with Crippen molar-refractivity contribution in [3.05, 3.63) is 41.2 Å². The van der Waals surface area contributed by atoms with E-state index >= 15 is 0 Å². The van der Waals surface area contributed by atoms with Gasteiger partial charge >= 0.3 is 0 Å². The molecule has 0 unspecified atom stereocenters. The highest BCUT2D eigenvalue weighted by molar-refractivity contribution is 6.29. The van der Waals surface area contributed by atoms with Crippen LogP contribution in [0.4, 0.5) is 5.82 Å². The van der Waals surface area contributed by atoms with Crippen LogP contribution in [0.15, 0.2) is 28.9 Å². The molecule has 0 aliphatic heterocycles. The zero-order chi connectivity index (χ0) is 13.7. The molecule has 2 aromatic rings. The van der Waals surface area contributed by atoms with E-state index in [0.717, 1.165) is 36.8 Å². The van der Waals surface area contributed by atoms with Gasteiger partial charge in [-0.05, 0) is 25.5 Å².